The zero-order valence-corrected chi connectivity index (χ0v) is 18.5. The number of nitrogens with one attached hydrogen (secondary N) is 1. The van der Waals surface area contributed by atoms with Crippen LogP contribution in [0.15, 0.2) is 61.2 Å². The molecule has 1 aromatic carbocycles. The van der Waals surface area contributed by atoms with E-state index in [0.29, 0.717) is 54.1 Å². The molecule has 10 heteroatoms. The Labute approximate surface area is 197 Å². The number of nitrogens with two attached hydrogens (primary N) is 1. The Bertz CT molecular complexity index is 1200. The highest BCUT2D eigenvalue weighted by Crippen LogP contribution is 2.31. The van der Waals surface area contributed by atoms with Crippen LogP contribution in [0.1, 0.15) is 12.8 Å². The maximum Gasteiger partial charge on any atom is 0.321 e. The van der Waals surface area contributed by atoms with E-state index in [-0.39, 0.29) is 17.5 Å². The standard InChI is InChI=1S/C24H24N8O2/c1-16(11-25)23(33)32-9-7-17(8-10-32)12-27-22-20(21(26)30-15-31-22)18-13-28-24(29-14-18)34-19-5-3-2-4-6-19/h2-6,13-15,17H,1,7-10,12H2,(H3,26,27,30,31). The van der Waals surface area contributed by atoms with E-state index in [0.717, 1.165) is 12.8 Å². The van der Waals surface area contributed by atoms with Crippen molar-refractivity contribution in [3.05, 3.63) is 61.2 Å². The second-order valence-electron chi connectivity index (χ2n) is 7.86. The van der Waals surface area contributed by atoms with Gasteiger partial charge in [0.15, 0.2) is 0 Å². The summed E-state index contributed by atoms with van der Waals surface area (Å²) in [5.41, 5.74) is 7.41. The molecule has 0 saturated carbocycles. The molecule has 3 N–H and O–H groups in total. The minimum Gasteiger partial charge on any atom is -0.424 e. The molecule has 0 spiro atoms. The van der Waals surface area contributed by atoms with Crippen LogP contribution in [0.3, 0.4) is 0 Å². The molecule has 34 heavy (non-hydrogen) atoms. The van der Waals surface area contributed by atoms with Crippen molar-refractivity contribution in [1.82, 2.24) is 24.8 Å². The van der Waals surface area contributed by atoms with Gasteiger partial charge in [0.1, 0.15) is 35.4 Å². The normalized spacial score (nSPS) is 13.7. The lowest BCUT2D eigenvalue weighted by atomic mass is 9.96. The van der Waals surface area contributed by atoms with Gasteiger partial charge in [0, 0.05) is 37.6 Å². The molecule has 3 heterocycles. The molecule has 1 amide bonds. The lowest BCUT2D eigenvalue weighted by molar-refractivity contribution is -0.127. The fourth-order valence-electron chi connectivity index (χ4n) is 3.73. The van der Waals surface area contributed by atoms with E-state index in [2.05, 4.69) is 31.8 Å². The van der Waals surface area contributed by atoms with Crippen LogP contribution in [0.4, 0.5) is 11.6 Å². The third-order valence-electron chi connectivity index (χ3n) is 5.60. The van der Waals surface area contributed by atoms with Crippen LogP contribution in [0.2, 0.25) is 0 Å². The van der Waals surface area contributed by atoms with Gasteiger partial charge in [-0.15, -0.1) is 0 Å². The van der Waals surface area contributed by atoms with E-state index in [1.54, 1.807) is 17.3 Å². The zero-order valence-electron chi connectivity index (χ0n) is 18.5. The van der Waals surface area contributed by atoms with E-state index in [1.807, 2.05) is 36.4 Å². The monoisotopic (exact) mass is 456 g/mol. The van der Waals surface area contributed by atoms with Gasteiger partial charge in [-0.25, -0.2) is 19.9 Å². The molecule has 0 unspecified atom stereocenters. The smallest absolute Gasteiger partial charge is 0.321 e. The molecular formula is C24H24N8O2. The molecule has 0 atom stereocenters. The van der Waals surface area contributed by atoms with Crippen LogP contribution >= 0.6 is 0 Å². The minimum atomic E-state index is -0.292. The van der Waals surface area contributed by atoms with E-state index in [9.17, 15) is 4.79 Å². The SMILES string of the molecule is C=C(C#N)C(=O)N1CCC(CNc2ncnc(N)c2-c2cnc(Oc3ccccc3)nc2)CC1. The van der Waals surface area contributed by atoms with Crippen molar-refractivity contribution in [1.29, 1.82) is 5.26 Å². The van der Waals surface area contributed by atoms with Crippen LogP contribution in [0.25, 0.3) is 11.1 Å². The number of hydrogen-bond acceptors (Lipinski definition) is 9. The number of piperidine rings is 1. The van der Waals surface area contributed by atoms with Gasteiger partial charge in [-0.05, 0) is 30.9 Å². The Morgan fingerprint density at radius 3 is 2.56 bits per heavy atom. The van der Waals surface area contributed by atoms with E-state index >= 15 is 0 Å². The molecule has 1 aliphatic rings. The number of amides is 1. The predicted molar refractivity (Wildman–Crippen MR) is 127 cm³/mol. The highest BCUT2D eigenvalue weighted by molar-refractivity contribution is 5.96. The number of rotatable bonds is 7. The number of carbonyl (C=O) groups excluding carboxylic acids is 1. The molecule has 10 nitrogen and oxygen atoms in total. The van der Waals surface area contributed by atoms with Gasteiger partial charge in [0.25, 0.3) is 5.91 Å². The van der Waals surface area contributed by atoms with Crippen LogP contribution < -0.4 is 15.8 Å². The second kappa shape index (κ2) is 10.4. The average molecular weight is 457 g/mol. The van der Waals surface area contributed by atoms with E-state index in [4.69, 9.17) is 15.7 Å². The van der Waals surface area contributed by atoms with Crippen molar-refractivity contribution in [2.24, 2.45) is 5.92 Å². The van der Waals surface area contributed by atoms with Crippen molar-refractivity contribution in [3.63, 3.8) is 0 Å². The molecule has 1 fully saturated rings. The molecule has 0 bridgehead atoms. The Balaban J connectivity index is 1.40. The highest BCUT2D eigenvalue weighted by Gasteiger charge is 2.24. The second-order valence-corrected chi connectivity index (χ2v) is 7.86. The first-order valence-corrected chi connectivity index (χ1v) is 10.8. The van der Waals surface area contributed by atoms with Gasteiger partial charge in [-0.3, -0.25) is 4.79 Å². The summed E-state index contributed by atoms with van der Waals surface area (Å²) in [5.74, 6) is 1.59. The van der Waals surface area contributed by atoms with Crippen molar-refractivity contribution in [3.8, 4) is 29.0 Å². The van der Waals surface area contributed by atoms with Crippen LogP contribution in [-0.2, 0) is 4.79 Å². The maximum absolute atomic E-state index is 12.1. The van der Waals surface area contributed by atoms with Crippen LogP contribution in [0.5, 0.6) is 11.8 Å². The largest absolute Gasteiger partial charge is 0.424 e. The van der Waals surface area contributed by atoms with Crippen molar-refractivity contribution >= 4 is 17.5 Å². The van der Waals surface area contributed by atoms with Gasteiger partial charge < -0.3 is 20.7 Å². The number of ether oxygens (including phenoxy) is 1. The Morgan fingerprint density at radius 1 is 1.18 bits per heavy atom. The fourth-order valence-corrected chi connectivity index (χ4v) is 3.73. The Hall–Kier alpha value is -4.52. The summed E-state index contributed by atoms with van der Waals surface area (Å²) in [4.78, 5) is 30.9. The summed E-state index contributed by atoms with van der Waals surface area (Å²) in [6.07, 6.45) is 6.27. The summed E-state index contributed by atoms with van der Waals surface area (Å²) < 4.78 is 5.65. The number of nitrogen functional groups attached to an aromatic ring is 1. The minimum absolute atomic E-state index is 0.0277. The average Bonchev–Trinajstić information content (AvgIpc) is 2.88. The predicted octanol–water partition coefficient (Wildman–Crippen LogP) is 3.04. The Kier molecular flexibility index (Phi) is 6.93. The molecule has 0 radical (unpaired) electrons. The topological polar surface area (TPSA) is 143 Å². The first-order valence-electron chi connectivity index (χ1n) is 10.8. The number of likely N-dealkylation sites (tertiary alicyclic amines) is 1. The molecule has 0 aliphatic carbocycles. The number of para-hydroxylation sites is 1. The fraction of sp³-hybridized carbons (Fsp3) is 0.250. The quantitative estimate of drug-likeness (QED) is 0.405. The van der Waals surface area contributed by atoms with E-state index in [1.165, 1.54) is 6.33 Å². The molecule has 1 saturated heterocycles. The summed E-state index contributed by atoms with van der Waals surface area (Å²) in [5, 5.41) is 12.2. The first kappa shape index (κ1) is 22.7. The summed E-state index contributed by atoms with van der Waals surface area (Å²) in [6, 6.07) is 11.3. The number of aromatic nitrogens is 4. The number of benzene rings is 1. The summed E-state index contributed by atoms with van der Waals surface area (Å²) in [7, 11) is 0. The van der Waals surface area contributed by atoms with Crippen LogP contribution in [-0.4, -0.2) is 50.4 Å². The maximum atomic E-state index is 12.1. The first-order chi connectivity index (χ1) is 16.5. The lowest BCUT2D eigenvalue weighted by Crippen LogP contribution is -2.40. The number of carbonyl (C=O) groups is 1. The van der Waals surface area contributed by atoms with Crippen molar-refractivity contribution in [2.45, 2.75) is 12.8 Å². The van der Waals surface area contributed by atoms with Gasteiger partial charge in [0.05, 0.1) is 5.56 Å². The Morgan fingerprint density at radius 2 is 1.88 bits per heavy atom. The number of nitriles is 1. The molecule has 172 valence electrons. The van der Waals surface area contributed by atoms with Gasteiger partial charge in [-0.1, -0.05) is 24.8 Å². The molecule has 1 aliphatic heterocycles. The van der Waals surface area contributed by atoms with Crippen molar-refractivity contribution in [2.75, 3.05) is 30.7 Å². The lowest BCUT2D eigenvalue weighted by Gasteiger charge is -2.32. The van der Waals surface area contributed by atoms with Gasteiger partial charge in [-0.2, -0.15) is 5.26 Å². The molecule has 2 aromatic heterocycles. The number of anilines is 2. The third-order valence-corrected chi connectivity index (χ3v) is 5.60. The van der Waals surface area contributed by atoms with Crippen LogP contribution in [0, 0.1) is 17.2 Å². The van der Waals surface area contributed by atoms with Gasteiger partial charge in [0.2, 0.25) is 0 Å². The molecule has 4 rings (SSSR count). The molecule has 3 aromatic rings. The third kappa shape index (κ3) is 5.27. The zero-order chi connectivity index (χ0) is 23.9. The van der Waals surface area contributed by atoms with E-state index < -0.39 is 0 Å². The summed E-state index contributed by atoms with van der Waals surface area (Å²) in [6.45, 7) is 5.33. The molecular weight excluding hydrogens is 432 g/mol. The van der Waals surface area contributed by atoms with Crippen molar-refractivity contribution < 1.29 is 9.53 Å². The van der Waals surface area contributed by atoms with Gasteiger partial charge >= 0.3 is 6.01 Å². The summed E-state index contributed by atoms with van der Waals surface area (Å²) >= 11 is 0. The number of nitrogens with zero attached hydrogens (tertiary/aromatic N) is 6. The highest BCUT2D eigenvalue weighted by atomic mass is 16.5. The number of hydrogen-bond donors (Lipinski definition) is 2.